The minimum Gasteiger partial charge on any atom is -0.326 e. The number of carbonyl (C=O) groups is 1. The first-order valence-electron chi connectivity index (χ1n) is 6.36. The Hall–Kier alpha value is -2.21. The van der Waals surface area contributed by atoms with Crippen LogP contribution in [0.15, 0.2) is 30.6 Å². The van der Waals surface area contributed by atoms with E-state index in [1.165, 1.54) is 10.7 Å². The highest BCUT2D eigenvalue weighted by Crippen LogP contribution is 2.18. The van der Waals surface area contributed by atoms with Gasteiger partial charge in [-0.1, -0.05) is 0 Å². The van der Waals surface area contributed by atoms with Gasteiger partial charge in [0.05, 0.1) is 6.20 Å². The van der Waals surface area contributed by atoms with Crippen LogP contribution >= 0.6 is 0 Å². The quantitative estimate of drug-likeness (QED) is 0.876. The van der Waals surface area contributed by atoms with Gasteiger partial charge < -0.3 is 10.6 Å². The minimum atomic E-state index is -0.431. The second-order valence-corrected chi connectivity index (χ2v) is 4.53. The Balaban J connectivity index is 2.12. The summed E-state index contributed by atoms with van der Waals surface area (Å²) in [7, 11) is 1.77. The molecule has 1 amide bonds. The number of rotatable bonds is 5. The van der Waals surface area contributed by atoms with Crippen molar-refractivity contribution in [3.05, 3.63) is 42.0 Å². The van der Waals surface area contributed by atoms with E-state index in [4.69, 9.17) is 0 Å². The predicted molar refractivity (Wildman–Crippen MR) is 75.4 cm³/mol. The normalized spacial score (nSPS) is 10.6. The summed E-state index contributed by atoms with van der Waals surface area (Å²) in [6.07, 6.45) is 3.74. The molecule has 106 valence electrons. The van der Waals surface area contributed by atoms with Crippen molar-refractivity contribution in [1.82, 2.24) is 15.1 Å². The van der Waals surface area contributed by atoms with Crippen molar-refractivity contribution in [2.75, 3.05) is 18.9 Å². The number of carbonyl (C=O) groups excluding carboxylic acids is 1. The van der Waals surface area contributed by atoms with E-state index in [9.17, 15) is 9.18 Å². The maximum absolute atomic E-state index is 14.0. The van der Waals surface area contributed by atoms with E-state index in [1.54, 1.807) is 31.6 Å². The van der Waals surface area contributed by atoms with E-state index in [0.717, 1.165) is 5.56 Å². The van der Waals surface area contributed by atoms with Crippen LogP contribution in [-0.4, -0.2) is 29.3 Å². The molecule has 20 heavy (non-hydrogen) atoms. The van der Waals surface area contributed by atoms with Crippen LogP contribution in [0.2, 0.25) is 0 Å². The smallest absolute Gasteiger partial charge is 0.225 e. The molecule has 1 heterocycles. The molecular weight excluding hydrogens is 259 g/mol. The third-order valence-electron chi connectivity index (χ3n) is 2.79. The Labute approximate surface area is 116 Å². The van der Waals surface area contributed by atoms with Crippen molar-refractivity contribution in [3.63, 3.8) is 0 Å². The SMILES string of the molecule is CNCCC(=O)Nc1ccc(-n2cc(C)cn2)c(F)c1. The lowest BCUT2D eigenvalue weighted by molar-refractivity contribution is -0.116. The second-order valence-electron chi connectivity index (χ2n) is 4.53. The second kappa shape index (κ2) is 6.29. The summed E-state index contributed by atoms with van der Waals surface area (Å²) in [5.41, 5.74) is 1.75. The topological polar surface area (TPSA) is 59.0 Å². The number of anilines is 1. The number of aromatic nitrogens is 2. The van der Waals surface area contributed by atoms with Gasteiger partial charge in [0.25, 0.3) is 0 Å². The molecule has 0 aliphatic heterocycles. The Morgan fingerprint density at radius 2 is 2.25 bits per heavy atom. The summed E-state index contributed by atoms with van der Waals surface area (Å²) in [4.78, 5) is 11.5. The van der Waals surface area contributed by atoms with E-state index in [-0.39, 0.29) is 5.91 Å². The molecule has 2 aromatic rings. The van der Waals surface area contributed by atoms with Crippen molar-refractivity contribution < 1.29 is 9.18 Å². The van der Waals surface area contributed by atoms with Gasteiger partial charge in [0.15, 0.2) is 5.82 Å². The predicted octanol–water partition coefficient (Wildman–Crippen LogP) is 1.87. The zero-order valence-electron chi connectivity index (χ0n) is 11.5. The molecule has 1 aromatic carbocycles. The van der Waals surface area contributed by atoms with Crippen molar-refractivity contribution >= 4 is 11.6 Å². The zero-order chi connectivity index (χ0) is 14.5. The Morgan fingerprint density at radius 3 is 2.85 bits per heavy atom. The molecule has 0 saturated heterocycles. The summed E-state index contributed by atoms with van der Waals surface area (Å²) in [6.45, 7) is 2.47. The highest BCUT2D eigenvalue weighted by molar-refractivity contribution is 5.90. The third-order valence-corrected chi connectivity index (χ3v) is 2.79. The van der Waals surface area contributed by atoms with E-state index in [0.29, 0.717) is 24.3 Å². The molecule has 0 radical (unpaired) electrons. The first-order chi connectivity index (χ1) is 9.60. The van der Waals surface area contributed by atoms with Crippen LogP contribution in [0.4, 0.5) is 10.1 Å². The largest absolute Gasteiger partial charge is 0.326 e. The average Bonchev–Trinajstić information content (AvgIpc) is 2.83. The van der Waals surface area contributed by atoms with Crippen LogP contribution in [0, 0.1) is 12.7 Å². The van der Waals surface area contributed by atoms with Crippen molar-refractivity contribution in [1.29, 1.82) is 0 Å². The van der Waals surface area contributed by atoms with Crippen LogP contribution < -0.4 is 10.6 Å². The van der Waals surface area contributed by atoms with Gasteiger partial charge in [-0.3, -0.25) is 4.79 Å². The number of amides is 1. The van der Waals surface area contributed by atoms with Gasteiger partial charge in [0.2, 0.25) is 5.91 Å². The molecule has 0 bridgehead atoms. The number of hydrogen-bond donors (Lipinski definition) is 2. The lowest BCUT2D eigenvalue weighted by atomic mass is 10.2. The molecule has 0 atom stereocenters. The van der Waals surface area contributed by atoms with Crippen LogP contribution in [0.3, 0.4) is 0 Å². The number of aryl methyl sites for hydroxylation is 1. The van der Waals surface area contributed by atoms with Gasteiger partial charge in [-0.25, -0.2) is 9.07 Å². The van der Waals surface area contributed by atoms with Crippen molar-refractivity contribution in [2.24, 2.45) is 0 Å². The van der Waals surface area contributed by atoms with Crippen LogP contribution in [-0.2, 0) is 4.79 Å². The maximum atomic E-state index is 14.0. The van der Waals surface area contributed by atoms with Crippen molar-refractivity contribution in [2.45, 2.75) is 13.3 Å². The molecule has 0 unspecified atom stereocenters. The fourth-order valence-corrected chi connectivity index (χ4v) is 1.78. The Kier molecular flexibility index (Phi) is 4.47. The fourth-order valence-electron chi connectivity index (χ4n) is 1.78. The lowest BCUT2D eigenvalue weighted by Gasteiger charge is -2.08. The fraction of sp³-hybridized carbons (Fsp3) is 0.286. The summed E-state index contributed by atoms with van der Waals surface area (Å²) < 4.78 is 15.5. The monoisotopic (exact) mass is 276 g/mol. The summed E-state index contributed by atoms with van der Waals surface area (Å²) in [6, 6.07) is 4.55. The Bertz CT molecular complexity index is 609. The van der Waals surface area contributed by atoms with Gasteiger partial charge in [-0.15, -0.1) is 0 Å². The van der Waals surface area contributed by atoms with Gasteiger partial charge in [0.1, 0.15) is 5.69 Å². The third kappa shape index (κ3) is 3.42. The van der Waals surface area contributed by atoms with Gasteiger partial charge in [0, 0.05) is 24.8 Å². The molecule has 2 rings (SSSR count). The molecule has 6 heteroatoms. The molecule has 0 aliphatic rings. The number of benzene rings is 1. The first kappa shape index (κ1) is 14.2. The summed E-state index contributed by atoms with van der Waals surface area (Å²) in [5, 5.41) is 9.59. The highest BCUT2D eigenvalue weighted by Gasteiger charge is 2.08. The van der Waals surface area contributed by atoms with Crippen molar-refractivity contribution in [3.8, 4) is 5.69 Å². The first-order valence-corrected chi connectivity index (χ1v) is 6.36. The van der Waals surface area contributed by atoms with Gasteiger partial charge in [-0.2, -0.15) is 5.10 Å². The van der Waals surface area contributed by atoms with Gasteiger partial charge >= 0.3 is 0 Å². The molecule has 0 fully saturated rings. The average molecular weight is 276 g/mol. The molecule has 0 spiro atoms. The molecule has 5 nitrogen and oxygen atoms in total. The summed E-state index contributed by atoms with van der Waals surface area (Å²) >= 11 is 0. The molecule has 0 saturated carbocycles. The van der Waals surface area contributed by atoms with Gasteiger partial charge in [-0.05, 0) is 37.7 Å². The Morgan fingerprint density at radius 1 is 1.45 bits per heavy atom. The highest BCUT2D eigenvalue weighted by atomic mass is 19.1. The van der Waals surface area contributed by atoms with E-state index < -0.39 is 5.82 Å². The minimum absolute atomic E-state index is 0.151. The molecular formula is C14H17FN4O. The van der Waals surface area contributed by atoms with Crippen LogP contribution in [0.5, 0.6) is 0 Å². The summed E-state index contributed by atoms with van der Waals surface area (Å²) in [5.74, 6) is -0.582. The maximum Gasteiger partial charge on any atom is 0.225 e. The standard InChI is InChI=1S/C14H17FN4O/c1-10-8-17-19(9-10)13-4-3-11(7-12(13)15)18-14(20)5-6-16-2/h3-4,7-9,16H,5-6H2,1-2H3,(H,18,20). The zero-order valence-corrected chi connectivity index (χ0v) is 11.5. The number of halogens is 1. The number of hydrogen-bond acceptors (Lipinski definition) is 3. The van der Waals surface area contributed by atoms with E-state index in [1.807, 2.05) is 6.92 Å². The lowest BCUT2D eigenvalue weighted by Crippen LogP contribution is -2.18. The van der Waals surface area contributed by atoms with Crippen LogP contribution in [0.1, 0.15) is 12.0 Å². The molecule has 2 N–H and O–H groups in total. The molecule has 0 aliphatic carbocycles. The molecule has 1 aromatic heterocycles. The van der Waals surface area contributed by atoms with Crippen LogP contribution in [0.25, 0.3) is 5.69 Å². The number of nitrogens with zero attached hydrogens (tertiary/aromatic N) is 2. The van der Waals surface area contributed by atoms with E-state index in [2.05, 4.69) is 15.7 Å². The van der Waals surface area contributed by atoms with E-state index >= 15 is 0 Å². The number of nitrogens with one attached hydrogen (secondary N) is 2.